The molecule has 0 saturated heterocycles. The minimum atomic E-state index is -1.06. The Morgan fingerprint density at radius 2 is 1.96 bits per heavy atom. The predicted molar refractivity (Wildman–Crippen MR) is 103 cm³/mol. The molecule has 0 aliphatic carbocycles. The highest BCUT2D eigenvalue weighted by atomic mass is 16.5. The lowest BCUT2D eigenvalue weighted by atomic mass is 10.1. The van der Waals surface area contributed by atoms with Crippen molar-refractivity contribution in [2.45, 2.75) is 32.0 Å². The Labute approximate surface area is 162 Å². The van der Waals surface area contributed by atoms with Crippen molar-refractivity contribution in [3.8, 4) is 0 Å². The van der Waals surface area contributed by atoms with Crippen LogP contribution in [0.2, 0.25) is 0 Å². The molecule has 0 saturated carbocycles. The number of carbonyl (C=O) groups excluding carboxylic acids is 1. The number of ether oxygens (including phenoxy) is 1. The molecule has 148 valence electrons. The summed E-state index contributed by atoms with van der Waals surface area (Å²) in [4.78, 5) is 24.3. The van der Waals surface area contributed by atoms with E-state index < -0.39 is 11.6 Å². The zero-order valence-electron chi connectivity index (χ0n) is 16.1. The van der Waals surface area contributed by atoms with Crippen molar-refractivity contribution in [1.29, 1.82) is 0 Å². The molecule has 0 aliphatic rings. The molecule has 0 radical (unpaired) electrons. The van der Waals surface area contributed by atoms with Crippen LogP contribution in [0.1, 0.15) is 31.3 Å². The highest BCUT2D eigenvalue weighted by Crippen LogP contribution is 2.15. The van der Waals surface area contributed by atoms with Crippen LogP contribution in [0.3, 0.4) is 0 Å². The van der Waals surface area contributed by atoms with Crippen molar-refractivity contribution >= 4 is 11.7 Å². The molecule has 3 rings (SSSR count). The molecule has 2 heterocycles. The van der Waals surface area contributed by atoms with Crippen LogP contribution >= 0.6 is 0 Å². The van der Waals surface area contributed by atoms with E-state index >= 15 is 0 Å². The van der Waals surface area contributed by atoms with Gasteiger partial charge in [0.1, 0.15) is 6.04 Å². The van der Waals surface area contributed by atoms with Gasteiger partial charge in [0, 0.05) is 19.3 Å². The summed E-state index contributed by atoms with van der Waals surface area (Å²) in [6.07, 6.45) is 1.58. The van der Waals surface area contributed by atoms with Gasteiger partial charge >= 0.3 is 0 Å². The van der Waals surface area contributed by atoms with E-state index in [9.17, 15) is 9.59 Å². The Morgan fingerprint density at radius 3 is 2.64 bits per heavy atom. The topological polar surface area (TPSA) is 117 Å². The lowest BCUT2D eigenvalue weighted by Gasteiger charge is -2.23. The van der Waals surface area contributed by atoms with Gasteiger partial charge in [0.15, 0.2) is 5.82 Å². The summed E-state index contributed by atoms with van der Waals surface area (Å²) in [5.74, 6) is 0.482. The molecule has 0 unspecified atom stereocenters. The van der Waals surface area contributed by atoms with Crippen LogP contribution in [-0.2, 0) is 23.2 Å². The third kappa shape index (κ3) is 4.26. The number of benzene rings is 1. The van der Waals surface area contributed by atoms with Crippen LogP contribution in [0.5, 0.6) is 0 Å². The summed E-state index contributed by atoms with van der Waals surface area (Å²) in [6.45, 7) is 3.79. The predicted octanol–water partition coefficient (Wildman–Crippen LogP) is 0.539. The number of amides is 1. The van der Waals surface area contributed by atoms with Crippen molar-refractivity contribution in [3.05, 3.63) is 64.3 Å². The molecule has 0 aliphatic heterocycles. The van der Waals surface area contributed by atoms with Gasteiger partial charge in [0.25, 0.3) is 5.56 Å². The lowest BCUT2D eigenvalue weighted by molar-refractivity contribution is -0.126. The second kappa shape index (κ2) is 7.91. The normalized spacial score (nSPS) is 12.9. The van der Waals surface area contributed by atoms with Gasteiger partial charge in [0.05, 0.1) is 18.8 Å². The van der Waals surface area contributed by atoms with E-state index in [1.807, 2.05) is 30.3 Å². The Bertz CT molecular complexity index is 1020. The number of aromatic nitrogens is 4. The van der Waals surface area contributed by atoms with Crippen LogP contribution in [-0.4, -0.2) is 37.2 Å². The number of hydrogen-bond acceptors (Lipinski definition) is 6. The van der Waals surface area contributed by atoms with Gasteiger partial charge < -0.3 is 15.8 Å². The molecule has 2 aromatic heterocycles. The van der Waals surface area contributed by atoms with Crippen LogP contribution < -0.4 is 16.6 Å². The van der Waals surface area contributed by atoms with Crippen molar-refractivity contribution < 1.29 is 9.53 Å². The van der Waals surface area contributed by atoms with E-state index in [1.165, 1.54) is 10.6 Å². The average Bonchev–Trinajstić information content (AvgIpc) is 3.08. The minimum absolute atomic E-state index is 0.167. The van der Waals surface area contributed by atoms with Gasteiger partial charge in [-0.3, -0.25) is 18.6 Å². The first-order chi connectivity index (χ1) is 13.3. The number of nitrogens with two attached hydrogens (primary N) is 1. The van der Waals surface area contributed by atoms with Gasteiger partial charge in [-0.2, -0.15) is 0 Å². The summed E-state index contributed by atoms with van der Waals surface area (Å²) < 4.78 is 8.85. The molecule has 0 fully saturated rings. The van der Waals surface area contributed by atoms with Crippen molar-refractivity contribution in [2.75, 3.05) is 6.61 Å². The highest BCUT2D eigenvalue weighted by Gasteiger charge is 2.28. The monoisotopic (exact) mass is 384 g/mol. The van der Waals surface area contributed by atoms with E-state index in [4.69, 9.17) is 10.5 Å². The fourth-order valence-corrected chi connectivity index (χ4v) is 2.65. The van der Waals surface area contributed by atoms with Crippen LogP contribution in [0, 0.1) is 0 Å². The third-order valence-corrected chi connectivity index (χ3v) is 4.30. The van der Waals surface area contributed by atoms with Crippen molar-refractivity contribution in [3.63, 3.8) is 0 Å². The SMILES string of the molecule is Cn1c(=O)ccn2c([C@@H](COCc3ccccc3)NC(=O)C(C)(C)N)nnc12. The first-order valence-electron chi connectivity index (χ1n) is 8.89. The molecule has 3 N–H and O–H groups in total. The summed E-state index contributed by atoms with van der Waals surface area (Å²) in [5.41, 5.74) is 5.67. The van der Waals surface area contributed by atoms with Crippen LogP contribution in [0.4, 0.5) is 0 Å². The summed E-state index contributed by atoms with van der Waals surface area (Å²) >= 11 is 0. The van der Waals surface area contributed by atoms with E-state index in [1.54, 1.807) is 31.5 Å². The Morgan fingerprint density at radius 1 is 1.25 bits per heavy atom. The van der Waals surface area contributed by atoms with Gasteiger partial charge in [0.2, 0.25) is 11.7 Å². The Kier molecular flexibility index (Phi) is 5.57. The zero-order chi connectivity index (χ0) is 20.3. The lowest BCUT2D eigenvalue weighted by Crippen LogP contribution is -2.51. The fraction of sp³-hybridized carbons (Fsp3) is 0.368. The first kappa shape index (κ1) is 19.7. The van der Waals surface area contributed by atoms with Crippen molar-refractivity contribution in [2.24, 2.45) is 12.8 Å². The fourth-order valence-electron chi connectivity index (χ4n) is 2.65. The molecule has 0 spiro atoms. The molecule has 9 heteroatoms. The van der Waals surface area contributed by atoms with Gasteiger partial charge in [-0.25, -0.2) is 0 Å². The molecule has 1 aromatic carbocycles. The molecular weight excluding hydrogens is 360 g/mol. The number of nitrogens with one attached hydrogen (secondary N) is 1. The largest absolute Gasteiger partial charge is 0.374 e. The molecular formula is C19H24N6O3. The number of nitrogens with zero attached hydrogens (tertiary/aromatic N) is 4. The second-order valence-corrected chi connectivity index (χ2v) is 7.19. The maximum Gasteiger partial charge on any atom is 0.254 e. The molecule has 9 nitrogen and oxygen atoms in total. The number of rotatable bonds is 7. The van der Waals surface area contributed by atoms with E-state index in [2.05, 4.69) is 15.5 Å². The quantitative estimate of drug-likeness (QED) is 0.614. The number of carbonyl (C=O) groups is 1. The summed E-state index contributed by atoms with van der Waals surface area (Å²) in [7, 11) is 1.61. The van der Waals surface area contributed by atoms with Crippen LogP contribution in [0.25, 0.3) is 5.78 Å². The molecule has 1 atom stereocenters. The Hall–Kier alpha value is -3.04. The molecule has 3 aromatic rings. The minimum Gasteiger partial charge on any atom is -0.374 e. The maximum atomic E-state index is 12.5. The third-order valence-electron chi connectivity index (χ3n) is 4.30. The summed E-state index contributed by atoms with van der Waals surface area (Å²) in [6, 6.07) is 10.5. The highest BCUT2D eigenvalue weighted by molar-refractivity contribution is 5.85. The molecule has 0 bridgehead atoms. The number of hydrogen-bond donors (Lipinski definition) is 2. The van der Waals surface area contributed by atoms with Crippen molar-refractivity contribution in [1.82, 2.24) is 24.5 Å². The smallest absolute Gasteiger partial charge is 0.254 e. The van der Waals surface area contributed by atoms with Crippen LogP contribution in [0.15, 0.2) is 47.4 Å². The van der Waals surface area contributed by atoms with E-state index in [0.717, 1.165) is 5.56 Å². The van der Waals surface area contributed by atoms with E-state index in [-0.39, 0.29) is 18.1 Å². The first-order valence-corrected chi connectivity index (χ1v) is 8.89. The number of aryl methyl sites for hydroxylation is 1. The van der Waals surface area contributed by atoms with Gasteiger partial charge in [-0.1, -0.05) is 30.3 Å². The standard InChI is InChI=1S/C19H24N6O3/c1-19(2,20)17(27)21-14(12-28-11-13-7-5-4-6-8-13)16-22-23-18-24(3)15(26)9-10-25(16)18/h4-10,14H,11-12,20H2,1-3H3,(H,21,27)/t14-/m1/s1. The van der Waals surface area contributed by atoms with Gasteiger partial charge in [-0.15, -0.1) is 10.2 Å². The second-order valence-electron chi connectivity index (χ2n) is 7.19. The summed E-state index contributed by atoms with van der Waals surface area (Å²) in [5, 5.41) is 11.1. The van der Waals surface area contributed by atoms with Gasteiger partial charge in [-0.05, 0) is 19.4 Å². The zero-order valence-corrected chi connectivity index (χ0v) is 16.1. The van der Waals surface area contributed by atoms with E-state index in [0.29, 0.717) is 18.2 Å². The Balaban J connectivity index is 1.86. The average molecular weight is 384 g/mol. The molecule has 28 heavy (non-hydrogen) atoms. The number of fused-ring (bicyclic) bond motifs is 1. The maximum absolute atomic E-state index is 12.5. The molecule has 1 amide bonds.